The van der Waals surface area contributed by atoms with Crippen LogP contribution in [0.4, 0.5) is 4.79 Å². The van der Waals surface area contributed by atoms with Crippen LogP contribution in [0.2, 0.25) is 0 Å². The van der Waals surface area contributed by atoms with Gasteiger partial charge in [-0.25, -0.2) is 4.79 Å². The van der Waals surface area contributed by atoms with Gasteiger partial charge in [0.05, 0.1) is 6.54 Å². The Morgan fingerprint density at radius 3 is 2.52 bits per heavy atom. The topological polar surface area (TPSA) is 85.4 Å². The van der Waals surface area contributed by atoms with Gasteiger partial charge in [0.2, 0.25) is 0 Å². The molecule has 0 unspecified atom stereocenters. The lowest BCUT2D eigenvalue weighted by molar-refractivity contribution is -0.139. The molecule has 0 aromatic rings. The fourth-order valence-electron chi connectivity index (χ4n) is 4.60. The van der Waals surface area contributed by atoms with Crippen LogP contribution >= 0.6 is 0 Å². The molecule has 0 bridgehead atoms. The summed E-state index contributed by atoms with van der Waals surface area (Å²) in [6.07, 6.45) is 3.85. The lowest BCUT2D eigenvalue weighted by atomic mass is 9.85. The second-order valence-electron chi connectivity index (χ2n) is 8.11. The van der Waals surface area contributed by atoms with E-state index in [4.69, 9.17) is 9.84 Å². The quantitative estimate of drug-likeness (QED) is 0.707. The monoisotopic (exact) mass is 382 g/mol. The van der Waals surface area contributed by atoms with Crippen molar-refractivity contribution < 1.29 is 19.4 Å². The van der Waals surface area contributed by atoms with Crippen molar-refractivity contribution in [2.24, 2.45) is 0 Å². The summed E-state index contributed by atoms with van der Waals surface area (Å²) in [5, 5.41) is 12.1. The van der Waals surface area contributed by atoms with Crippen LogP contribution in [0, 0.1) is 0 Å². The Morgan fingerprint density at radius 1 is 1.22 bits per heavy atom. The fraction of sp³-hybridized carbons (Fsp3) is 0.895. The van der Waals surface area contributed by atoms with E-state index in [1.807, 2.05) is 16.7 Å². The molecule has 1 aliphatic carbocycles. The summed E-state index contributed by atoms with van der Waals surface area (Å²) in [5.41, 5.74) is 0. The molecular weight excluding hydrogens is 348 g/mol. The standard InChI is InChI=1S/C19H34N4O4/c1-3-21(13-18(24)25)17-10-15(11-17)20-19(26)23-7-6-22(12-14(23)2)16-4-8-27-9-5-16/h14-17H,3-13H2,1-2H3,(H,20,26)(H,24,25)/t14-,15?,17?/m0/s1. The molecule has 0 spiro atoms. The third kappa shape index (κ3) is 5.12. The maximum Gasteiger partial charge on any atom is 0.317 e. The van der Waals surface area contributed by atoms with Crippen molar-refractivity contribution in [3.05, 3.63) is 0 Å². The number of nitrogens with one attached hydrogen (secondary N) is 1. The van der Waals surface area contributed by atoms with Crippen LogP contribution in [0.5, 0.6) is 0 Å². The highest BCUT2D eigenvalue weighted by Crippen LogP contribution is 2.26. The minimum absolute atomic E-state index is 0.0267. The highest BCUT2D eigenvalue weighted by atomic mass is 16.5. The van der Waals surface area contributed by atoms with Gasteiger partial charge in [-0.3, -0.25) is 14.6 Å². The Morgan fingerprint density at radius 2 is 1.93 bits per heavy atom. The van der Waals surface area contributed by atoms with Crippen LogP contribution in [0.15, 0.2) is 0 Å². The summed E-state index contributed by atoms with van der Waals surface area (Å²) in [6.45, 7) is 9.22. The van der Waals surface area contributed by atoms with Gasteiger partial charge in [-0.05, 0) is 39.2 Å². The number of hydrogen-bond acceptors (Lipinski definition) is 5. The second kappa shape index (κ2) is 9.21. The van der Waals surface area contributed by atoms with Crippen molar-refractivity contribution in [2.75, 3.05) is 45.9 Å². The highest BCUT2D eigenvalue weighted by Gasteiger charge is 2.37. The number of carbonyl (C=O) groups is 2. The lowest BCUT2D eigenvalue weighted by Crippen LogP contribution is -2.62. The van der Waals surface area contributed by atoms with Crippen molar-refractivity contribution in [2.45, 2.75) is 63.7 Å². The van der Waals surface area contributed by atoms with Crippen molar-refractivity contribution >= 4 is 12.0 Å². The first kappa shape index (κ1) is 20.4. The molecule has 2 amide bonds. The summed E-state index contributed by atoms with van der Waals surface area (Å²) in [6, 6.07) is 1.24. The predicted molar refractivity (Wildman–Crippen MR) is 102 cm³/mol. The van der Waals surface area contributed by atoms with Gasteiger partial charge in [0.25, 0.3) is 0 Å². The summed E-state index contributed by atoms with van der Waals surface area (Å²) in [5.74, 6) is -0.791. The van der Waals surface area contributed by atoms with Gasteiger partial charge < -0.3 is 20.1 Å². The van der Waals surface area contributed by atoms with Gasteiger partial charge in [-0.1, -0.05) is 6.92 Å². The zero-order chi connectivity index (χ0) is 19.4. The third-order valence-corrected chi connectivity index (χ3v) is 6.33. The Hall–Kier alpha value is -1.38. The van der Waals surface area contributed by atoms with Gasteiger partial charge in [0.1, 0.15) is 0 Å². The van der Waals surface area contributed by atoms with Crippen LogP contribution < -0.4 is 5.32 Å². The van der Waals surface area contributed by atoms with E-state index in [1.165, 1.54) is 0 Å². The molecule has 3 fully saturated rings. The molecule has 8 heteroatoms. The summed E-state index contributed by atoms with van der Waals surface area (Å²) < 4.78 is 5.46. The number of carboxylic acid groups (broad SMARTS) is 1. The Labute approximate surface area is 161 Å². The Kier molecular flexibility index (Phi) is 6.94. The number of rotatable bonds is 6. The summed E-state index contributed by atoms with van der Waals surface area (Å²) in [4.78, 5) is 30.1. The molecular formula is C19H34N4O4. The SMILES string of the molecule is CCN(CC(=O)O)C1CC(NC(=O)N2CCN(C3CCOCC3)C[C@@H]2C)C1. The van der Waals surface area contributed by atoms with Crippen LogP contribution in [-0.4, -0.2) is 102 Å². The number of urea groups is 1. The average Bonchev–Trinajstić information content (AvgIpc) is 2.63. The van der Waals surface area contributed by atoms with Gasteiger partial charge in [-0.15, -0.1) is 0 Å². The predicted octanol–water partition coefficient (Wildman–Crippen LogP) is 0.819. The van der Waals surface area contributed by atoms with E-state index in [0.29, 0.717) is 6.04 Å². The first-order chi connectivity index (χ1) is 13.0. The van der Waals surface area contributed by atoms with Gasteiger partial charge >= 0.3 is 12.0 Å². The molecule has 0 radical (unpaired) electrons. The second-order valence-corrected chi connectivity index (χ2v) is 8.11. The van der Waals surface area contributed by atoms with E-state index < -0.39 is 5.97 Å². The molecule has 1 saturated carbocycles. The van der Waals surface area contributed by atoms with Gasteiger partial charge in [0.15, 0.2) is 0 Å². The minimum Gasteiger partial charge on any atom is -0.480 e. The molecule has 2 heterocycles. The number of likely N-dealkylation sites (N-methyl/N-ethyl adjacent to an activating group) is 1. The molecule has 27 heavy (non-hydrogen) atoms. The highest BCUT2D eigenvalue weighted by molar-refractivity contribution is 5.75. The summed E-state index contributed by atoms with van der Waals surface area (Å²) >= 11 is 0. The molecule has 2 N–H and O–H groups in total. The lowest BCUT2D eigenvalue weighted by Gasteiger charge is -2.46. The maximum atomic E-state index is 12.7. The van der Waals surface area contributed by atoms with Crippen LogP contribution in [0.3, 0.4) is 0 Å². The molecule has 0 aromatic heterocycles. The van der Waals surface area contributed by atoms with Crippen molar-refractivity contribution in [3.8, 4) is 0 Å². The van der Waals surface area contributed by atoms with Crippen molar-refractivity contribution in [3.63, 3.8) is 0 Å². The molecule has 154 valence electrons. The number of ether oxygens (including phenoxy) is 1. The number of amides is 2. The van der Waals surface area contributed by atoms with Crippen LogP contribution in [-0.2, 0) is 9.53 Å². The molecule has 1 atom stereocenters. The number of carboxylic acids is 1. The van der Waals surface area contributed by atoms with Gasteiger partial charge in [0, 0.05) is 57.0 Å². The number of carbonyl (C=O) groups excluding carboxylic acids is 1. The van der Waals surface area contributed by atoms with Crippen molar-refractivity contribution in [1.29, 1.82) is 0 Å². The molecule has 8 nitrogen and oxygen atoms in total. The average molecular weight is 383 g/mol. The normalized spacial score (nSPS) is 30.2. The van der Waals surface area contributed by atoms with Crippen molar-refractivity contribution in [1.82, 2.24) is 20.0 Å². The third-order valence-electron chi connectivity index (χ3n) is 6.33. The van der Waals surface area contributed by atoms with E-state index in [1.54, 1.807) is 0 Å². The van der Waals surface area contributed by atoms with E-state index in [0.717, 1.165) is 65.1 Å². The van der Waals surface area contributed by atoms with E-state index >= 15 is 0 Å². The Balaban J connectivity index is 1.41. The van der Waals surface area contributed by atoms with Crippen LogP contribution in [0.25, 0.3) is 0 Å². The number of hydrogen-bond donors (Lipinski definition) is 2. The largest absolute Gasteiger partial charge is 0.480 e. The molecule has 2 saturated heterocycles. The molecule has 3 aliphatic rings. The van der Waals surface area contributed by atoms with E-state index in [9.17, 15) is 9.59 Å². The first-order valence-corrected chi connectivity index (χ1v) is 10.3. The minimum atomic E-state index is -0.791. The zero-order valence-electron chi connectivity index (χ0n) is 16.6. The first-order valence-electron chi connectivity index (χ1n) is 10.3. The molecule has 3 rings (SSSR count). The van der Waals surface area contributed by atoms with E-state index in [2.05, 4.69) is 17.1 Å². The zero-order valence-corrected chi connectivity index (χ0v) is 16.6. The number of aliphatic carboxylic acids is 1. The van der Waals surface area contributed by atoms with Gasteiger partial charge in [-0.2, -0.15) is 0 Å². The smallest absolute Gasteiger partial charge is 0.317 e. The maximum absolute atomic E-state index is 12.7. The van der Waals surface area contributed by atoms with E-state index in [-0.39, 0.29) is 30.7 Å². The number of nitrogens with zero attached hydrogens (tertiary/aromatic N) is 3. The van der Waals surface area contributed by atoms with Crippen LogP contribution in [0.1, 0.15) is 39.5 Å². The fourth-order valence-corrected chi connectivity index (χ4v) is 4.60. The molecule has 0 aromatic carbocycles. The number of piperazine rings is 1. The Bertz CT molecular complexity index is 520. The molecule has 2 aliphatic heterocycles. The summed E-state index contributed by atoms with van der Waals surface area (Å²) in [7, 11) is 0.